The number of ether oxygens (including phenoxy) is 1. The minimum Gasteiger partial charge on any atom is -0.456 e. The topological polar surface area (TPSA) is 9.23 Å². The number of halogens is 2. The Labute approximate surface area is 144 Å². The van der Waals surface area contributed by atoms with Crippen LogP contribution in [0.15, 0.2) is 40.9 Å². The van der Waals surface area contributed by atoms with Gasteiger partial charge in [0, 0.05) is 5.33 Å². The molecule has 0 aliphatic rings. The largest absolute Gasteiger partial charge is 0.456 e. The van der Waals surface area contributed by atoms with Crippen molar-refractivity contribution in [3.8, 4) is 11.5 Å². The predicted octanol–water partition coefficient (Wildman–Crippen LogP) is 6.74. The maximum absolute atomic E-state index is 6.04. The van der Waals surface area contributed by atoms with Crippen LogP contribution in [0.4, 0.5) is 0 Å². The smallest absolute Gasteiger partial charge is 0.141 e. The van der Waals surface area contributed by atoms with Crippen LogP contribution in [0.5, 0.6) is 11.5 Å². The van der Waals surface area contributed by atoms with E-state index in [1.54, 1.807) is 0 Å². The van der Waals surface area contributed by atoms with Crippen LogP contribution in [-0.2, 0) is 10.7 Å². The van der Waals surface area contributed by atoms with E-state index in [2.05, 4.69) is 89.9 Å². The second kappa shape index (κ2) is 6.53. The average Bonchev–Trinajstić information content (AvgIpc) is 2.41. The SMILES string of the molecule is Cc1cc(C(C)(C)C)ccc1Oc1ccc(CBr)cc1Br. The first-order valence-corrected chi connectivity index (χ1v) is 8.86. The maximum Gasteiger partial charge on any atom is 0.141 e. The third-order valence-electron chi connectivity index (χ3n) is 3.41. The van der Waals surface area contributed by atoms with Crippen LogP contribution < -0.4 is 4.74 Å². The van der Waals surface area contributed by atoms with Crippen molar-refractivity contribution in [3.63, 3.8) is 0 Å². The van der Waals surface area contributed by atoms with Gasteiger partial charge in [-0.05, 0) is 63.2 Å². The highest BCUT2D eigenvalue weighted by Crippen LogP contribution is 2.34. The minimum atomic E-state index is 0.154. The summed E-state index contributed by atoms with van der Waals surface area (Å²) in [5, 5.41) is 0.838. The standard InChI is InChI=1S/C18H20Br2O/c1-12-9-14(18(2,3)4)6-8-16(12)21-17-7-5-13(11-19)10-15(17)20/h5-10H,11H2,1-4H3. The summed E-state index contributed by atoms with van der Waals surface area (Å²) >= 11 is 7.03. The lowest BCUT2D eigenvalue weighted by atomic mass is 9.86. The van der Waals surface area contributed by atoms with Crippen molar-refractivity contribution in [2.45, 2.75) is 38.4 Å². The molecule has 0 saturated carbocycles. The molecular weight excluding hydrogens is 392 g/mol. The fraction of sp³-hybridized carbons (Fsp3) is 0.333. The van der Waals surface area contributed by atoms with Gasteiger partial charge in [0.1, 0.15) is 11.5 Å². The zero-order chi connectivity index (χ0) is 15.6. The van der Waals surface area contributed by atoms with Crippen molar-refractivity contribution in [3.05, 3.63) is 57.6 Å². The number of hydrogen-bond acceptors (Lipinski definition) is 1. The van der Waals surface area contributed by atoms with Gasteiger partial charge in [-0.25, -0.2) is 0 Å². The number of rotatable bonds is 3. The van der Waals surface area contributed by atoms with E-state index in [0.29, 0.717) is 0 Å². The monoisotopic (exact) mass is 410 g/mol. The van der Waals surface area contributed by atoms with Crippen molar-refractivity contribution in [2.24, 2.45) is 0 Å². The molecule has 0 aliphatic heterocycles. The average molecular weight is 412 g/mol. The fourth-order valence-corrected chi connectivity index (χ4v) is 2.92. The number of benzene rings is 2. The fourth-order valence-electron chi connectivity index (χ4n) is 2.06. The van der Waals surface area contributed by atoms with Crippen LogP contribution in [0.25, 0.3) is 0 Å². The number of alkyl halides is 1. The van der Waals surface area contributed by atoms with Gasteiger partial charge in [-0.15, -0.1) is 0 Å². The van der Waals surface area contributed by atoms with Crippen molar-refractivity contribution in [1.82, 2.24) is 0 Å². The minimum absolute atomic E-state index is 0.154. The van der Waals surface area contributed by atoms with Gasteiger partial charge < -0.3 is 4.74 Å². The third-order valence-corrected chi connectivity index (χ3v) is 4.68. The first kappa shape index (κ1) is 16.6. The summed E-state index contributed by atoms with van der Waals surface area (Å²) in [6.07, 6.45) is 0. The van der Waals surface area contributed by atoms with Gasteiger partial charge in [-0.1, -0.05) is 54.9 Å². The van der Waals surface area contributed by atoms with E-state index in [1.807, 2.05) is 6.07 Å². The molecule has 0 saturated heterocycles. The van der Waals surface area contributed by atoms with E-state index in [-0.39, 0.29) is 5.41 Å². The van der Waals surface area contributed by atoms with Gasteiger partial charge in [-0.2, -0.15) is 0 Å². The summed E-state index contributed by atoms with van der Waals surface area (Å²) in [6, 6.07) is 12.5. The van der Waals surface area contributed by atoms with E-state index >= 15 is 0 Å². The van der Waals surface area contributed by atoms with Gasteiger partial charge in [0.25, 0.3) is 0 Å². The Kier molecular flexibility index (Phi) is 5.15. The summed E-state index contributed by atoms with van der Waals surface area (Å²) in [4.78, 5) is 0. The molecule has 0 N–H and O–H groups in total. The highest BCUT2D eigenvalue weighted by Gasteiger charge is 2.15. The zero-order valence-electron chi connectivity index (χ0n) is 12.8. The van der Waals surface area contributed by atoms with Crippen molar-refractivity contribution < 1.29 is 4.74 Å². The molecule has 3 heteroatoms. The van der Waals surface area contributed by atoms with Crippen LogP contribution >= 0.6 is 31.9 Å². The lowest BCUT2D eigenvalue weighted by molar-refractivity contribution is 0.474. The summed E-state index contributed by atoms with van der Waals surface area (Å²) in [5.74, 6) is 1.74. The highest BCUT2D eigenvalue weighted by molar-refractivity contribution is 9.10. The molecule has 0 bridgehead atoms. The second-order valence-electron chi connectivity index (χ2n) is 6.23. The lowest BCUT2D eigenvalue weighted by Gasteiger charge is -2.20. The van der Waals surface area contributed by atoms with E-state index in [4.69, 9.17) is 4.74 Å². The Morgan fingerprint density at radius 1 is 1.00 bits per heavy atom. The molecule has 0 aliphatic carbocycles. The van der Waals surface area contributed by atoms with E-state index in [9.17, 15) is 0 Å². The lowest BCUT2D eigenvalue weighted by Crippen LogP contribution is -2.11. The number of hydrogen-bond donors (Lipinski definition) is 0. The van der Waals surface area contributed by atoms with Crippen molar-refractivity contribution in [2.75, 3.05) is 0 Å². The van der Waals surface area contributed by atoms with E-state index in [0.717, 1.165) is 26.9 Å². The maximum atomic E-state index is 6.04. The molecule has 1 nitrogen and oxygen atoms in total. The summed E-state index contributed by atoms with van der Waals surface area (Å²) < 4.78 is 7.02. The number of aryl methyl sites for hydroxylation is 1. The molecule has 0 amide bonds. The molecule has 0 heterocycles. The molecule has 0 radical (unpaired) electrons. The Balaban J connectivity index is 2.28. The van der Waals surface area contributed by atoms with Gasteiger partial charge in [0.2, 0.25) is 0 Å². The van der Waals surface area contributed by atoms with Gasteiger partial charge in [0.15, 0.2) is 0 Å². The van der Waals surface area contributed by atoms with Gasteiger partial charge in [0.05, 0.1) is 4.47 Å². The highest BCUT2D eigenvalue weighted by atomic mass is 79.9. The molecular formula is C18H20Br2O. The van der Waals surface area contributed by atoms with Gasteiger partial charge >= 0.3 is 0 Å². The zero-order valence-corrected chi connectivity index (χ0v) is 16.0. The molecule has 0 spiro atoms. The normalized spacial score (nSPS) is 11.5. The van der Waals surface area contributed by atoms with Crippen LogP contribution in [0.2, 0.25) is 0 Å². The van der Waals surface area contributed by atoms with Crippen molar-refractivity contribution in [1.29, 1.82) is 0 Å². The molecule has 2 aromatic rings. The molecule has 0 atom stereocenters. The molecule has 21 heavy (non-hydrogen) atoms. The van der Waals surface area contributed by atoms with E-state index in [1.165, 1.54) is 11.1 Å². The van der Waals surface area contributed by atoms with Crippen LogP contribution in [0.3, 0.4) is 0 Å². The van der Waals surface area contributed by atoms with Crippen LogP contribution in [0.1, 0.15) is 37.5 Å². The Hall–Kier alpha value is -0.800. The third kappa shape index (κ3) is 4.10. The van der Waals surface area contributed by atoms with E-state index < -0.39 is 0 Å². The van der Waals surface area contributed by atoms with Crippen molar-refractivity contribution >= 4 is 31.9 Å². The Morgan fingerprint density at radius 3 is 2.19 bits per heavy atom. The first-order valence-electron chi connectivity index (χ1n) is 6.94. The molecule has 0 unspecified atom stereocenters. The summed E-state index contributed by atoms with van der Waals surface area (Å²) in [5.41, 5.74) is 3.84. The molecule has 112 valence electrons. The summed E-state index contributed by atoms with van der Waals surface area (Å²) in [7, 11) is 0. The summed E-state index contributed by atoms with van der Waals surface area (Å²) in [6.45, 7) is 8.75. The molecule has 0 fully saturated rings. The molecule has 2 aromatic carbocycles. The Morgan fingerprint density at radius 2 is 1.67 bits per heavy atom. The van der Waals surface area contributed by atoms with Crippen LogP contribution in [0, 0.1) is 6.92 Å². The molecule has 2 rings (SSSR count). The predicted molar refractivity (Wildman–Crippen MR) is 96.7 cm³/mol. The first-order chi connectivity index (χ1) is 9.81. The van der Waals surface area contributed by atoms with Gasteiger partial charge in [-0.3, -0.25) is 0 Å². The Bertz CT molecular complexity index is 642. The second-order valence-corrected chi connectivity index (χ2v) is 7.65. The molecule has 0 aromatic heterocycles. The quantitative estimate of drug-likeness (QED) is 0.508. The van der Waals surface area contributed by atoms with Crippen LogP contribution in [-0.4, -0.2) is 0 Å².